The lowest BCUT2D eigenvalue weighted by Crippen LogP contribution is -2.43. The molecule has 12 heteroatoms. The van der Waals surface area contributed by atoms with Gasteiger partial charge in [-0.2, -0.15) is 13.2 Å². The molecule has 2 aliphatic rings. The minimum Gasteiger partial charge on any atom is -0.457 e. The molecule has 1 atom stereocenters. The molecule has 232 valence electrons. The Labute approximate surface area is 253 Å². The number of nitrogens with zero attached hydrogens (tertiary/aromatic N) is 3. The number of hydrogen-bond acceptors (Lipinski definition) is 6. The molecule has 6 rings (SSSR count). The number of urea groups is 1. The van der Waals surface area contributed by atoms with Gasteiger partial charge in [0.05, 0.1) is 17.6 Å². The molecule has 0 saturated carbocycles. The Balaban J connectivity index is 1.20. The molecule has 1 fully saturated rings. The summed E-state index contributed by atoms with van der Waals surface area (Å²) in [5, 5.41) is 16.2. The van der Waals surface area contributed by atoms with Gasteiger partial charge in [-0.1, -0.05) is 19.1 Å². The Bertz CT molecular complexity index is 1650. The van der Waals surface area contributed by atoms with Crippen LogP contribution < -0.4 is 15.4 Å². The third kappa shape index (κ3) is 6.37. The van der Waals surface area contributed by atoms with Crippen molar-refractivity contribution in [3.8, 4) is 11.5 Å². The number of halogens is 3. The van der Waals surface area contributed by atoms with Crippen molar-refractivity contribution in [2.45, 2.75) is 45.1 Å². The second kappa shape index (κ2) is 12.5. The highest BCUT2D eigenvalue weighted by Gasteiger charge is 2.35. The zero-order valence-corrected chi connectivity index (χ0v) is 24.4. The molecule has 0 radical (unpaired) electrons. The van der Waals surface area contributed by atoms with Gasteiger partial charge in [0.1, 0.15) is 17.1 Å². The predicted octanol–water partition coefficient (Wildman–Crippen LogP) is 5.81. The number of aromatic nitrogens is 2. The summed E-state index contributed by atoms with van der Waals surface area (Å²) < 4.78 is 48.4. The average Bonchev–Trinajstić information content (AvgIpc) is 3.46. The van der Waals surface area contributed by atoms with Gasteiger partial charge in [-0.25, -0.2) is 9.78 Å². The number of aromatic amines is 1. The number of nitrogens with one attached hydrogen (secondary N) is 3. The average molecular weight is 609 g/mol. The van der Waals surface area contributed by atoms with Crippen LogP contribution in [-0.2, 0) is 25.9 Å². The van der Waals surface area contributed by atoms with Gasteiger partial charge in [-0.05, 0) is 59.5 Å². The number of rotatable bonds is 7. The van der Waals surface area contributed by atoms with Crippen LogP contribution in [0.3, 0.4) is 0 Å². The van der Waals surface area contributed by atoms with Crippen LogP contribution in [0.4, 0.5) is 23.7 Å². The van der Waals surface area contributed by atoms with Gasteiger partial charge in [0.25, 0.3) is 0 Å². The van der Waals surface area contributed by atoms with Crippen molar-refractivity contribution < 1.29 is 27.8 Å². The Morgan fingerprint density at radius 3 is 2.70 bits per heavy atom. The first-order valence-corrected chi connectivity index (χ1v) is 14.8. The Morgan fingerprint density at radius 2 is 1.95 bits per heavy atom. The summed E-state index contributed by atoms with van der Waals surface area (Å²) in [5.41, 5.74) is 2.82. The third-order valence-electron chi connectivity index (χ3n) is 8.35. The molecule has 0 unspecified atom stereocenters. The zero-order chi connectivity index (χ0) is 30.8. The van der Waals surface area contributed by atoms with Crippen LogP contribution in [0.5, 0.6) is 11.5 Å². The summed E-state index contributed by atoms with van der Waals surface area (Å²) in [6.45, 7) is 5.68. The van der Waals surface area contributed by atoms with Gasteiger partial charge in [-0.15, -0.1) is 0 Å². The van der Waals surface area contributed by atoms with Crippen LogP contribution in [0.2, 0.25) is 0 Å². The molecule has 2 aliphatic heterocycles. The van der Waals surface area contributed by atoms with Crippen LogP contribution in [0.1, 0.15) is 47.2 Å². The van der Waals surface area contributed by atoms with E-state index < -0.39 is 17.8 Å². The number of aliphatic hydroxyl groups excluding tert-OH is 1. The number of piperazine rings is 1. The van der Waals surface area contributed by atoms with E-state index >= 15 is 0 Å². The van der Waals surface area contributed by atoms with Gasteiger partial charge in [0, 0.05) is 69.3 Å². The van der Waals surface area contributed by atoms with Crippen LogP contribution in [0.25, 0.3) is 11.0 Å². The zero-order valence-electron chi connectivity index (χ0n) is 24.4. The van der Waals surface area contributed by atoms with E-state index in [9.17, 15) is 23.1 Å². The molecular weight excluding hydrogens is 573 g/mol. The maximum Gasteiger partial charge on any atom is 0.416 e. The molecular formula is C32H35F3N6O3. The molecule has 4 heterocycles. The number of carbonyl (C=O) groups excluding carboxylic acids is 1. The van der Waals surface area contributed by atoms with E-state index in [4.69, 9.17) is 4.74 Å². The van der Waals surface area contributed by atoms with Gasteiger partial charge in [0.2, 0.25) is 0 Å². The van der Waals surface area contributed by atoms with Crippen molar-refractivity contribution >= 4 is 22.8 Å². The summed E-state index contributed by atoms with van der Waals surface area (Å²) in [6.07, 6.45) is -2.14. The molecule has 2 aromatic heterocycles. The lowest BCUT2D eigenvalue weighted by Gasteiger charge is -2.34. The molecule has 0 spiro atoms. The van der Waals surface area contributed by atoms with E-state index in [2.05, 4.69) is 20.6 Å². The van der Waals surface area contributed by atoms with Gasteiger partial charge < -0.3 is 30.4 Å². The monoisotopic (exact) mass is 608 g/mol. The second-order valence-corrected chi connectivity index (χ2v) is 11.3. The normalized spacial score (nSPS) is 17.5. The van der Waals surface area contributed by atoms with Gasteiger partial charge in [-0.3, -0.25) is 4.90 Å². The standard InChI is InChI=1S/C32H35F3N6O3/c1-2-20-17-41(31(43)39-23-4-3-21(28(15-23)32(33,34)35)16-40-11-9-36-10-12-40)18-22-13-25(5-6-26(20)22)44-29-7-8-37-30-27(29)14-24(19-42)38-30/h3-8,13-15,20,36,42H,2,9-12,16-19H2,1H3,(H,37,38)(H,39,43)/t20-/m1/s1. The fraction of sp³-hybridized carbons (Fsp3) is 0.375. The van der Waals surface area contributed by atoms with E-state index in [1.165, 1.54) is 6.07 Å². The largest absolute Gasteiger partial charge is 0.457 e. The highest BCUT2D eigenvalue weighted by molar-refractivity contribution is 5.90. The molecule has 1 saturated heterocycles. The fourth-order valence-corrected chi connectivity index (χ4v) is 6.05. The van der Waals surface area contributed by atoms with Gasteiger partial charge in [0.15, 0.2) is 0 Å². The minimum absolute atomic E-state index is 0.0649. The quantitative estimate of drug-likeness (QED) is 0.211. The van der Waals surface area contributed by atoms with Crippen LogP contribution in [-0.4, -0.2) is 63.6 Å². The highest BCUT2D eigenvalue weighted by Crippen LogP contribution is 2.37. The number of alkyl halides is 3. The van der Waals surface area contributed by atoms with Gasteiger partial charge >= 0.3 is 12.2 Å². The molecule has 0 aliphatic carbocycles. The van der Waals surface area contributed by atoms with Crippen molar-refractivity contribution in [2.75, 3.05) is 38.0 Å². The van der Waals surface area contributed by atoms with E-state index in [0.717, 1.165) is 42.1 Å². The highest BCUT2D eigenvalue weighted by atomic mass is 19.4. The molecule has 9 nitrogen and oxygen atoms in total. The SMILES string of the molecule is CC[C@@H]1CN(C(=O)Nc2ccc(CN3CCNCC3)c(C(F)(F)F)c2)Cc2cc(Oc3ccnc4[nH]c(CO)cc34)ccc21. The van der Waals surface area contributed by atoms with Crippen molar-refractivity contribution in [3.05, 3.63) is 82.7 Å². The lowest BCUT2D eigenvalue weighted by atomic mass is 9.88. The predicted molar refractivity (Wildman–Crippen MR) is 161 cm³/mol. The van der Waals surface area contributed by atoms with E-state index in [1.807, 2.05) is 30.0 Å². The first kappa shape index (κ1) is 29.9. The summed E-state index contributed by atoms with van der Waals surface area (Å²) in [4.78, 5) is 24.4. The fourth-order valence-electron chi connectivity index (χ4n) is 6.05. The number of H-pyrrole nitrogens is 1. The number of pyridine rings is 1. The first-order chi connectivity index (χ1) is 21.2. The maximum atomic E-state index is 14.1. The van der Waals surface area contributed by atoms with Crippen molar-refractivity contribution in [1.29, 1.82) is 0 Å². The molecule has 44 heavy (non-hydrogen) atoms. The number of hydrogen-bond donors (Lipinski definition) is 4. The molecule has 0 bridgehead atoms. The topological polar surface area (TPSA) is 106 Å². The first-order valence-electron chi connectivity index (χ1n) is 14.8. The molecule has 2 amide bonds. The summed E-state index contributed by atoms with van der Waals surface area (Å²) >= 11 is 0. The van der Waals surface area contributed by atoms with Crippen molar-refractivity contribution in [1.82, 2.24) is 25.1 Å². The number of amides is 2. The van der Waals surface area contributed by atoms with Crippen LogP contribution in [0.15, 0.2) is 54.7 Å². The summed E-state index contributed by atoms with van der Waals surface area (Å²) in [5.74, 6) is 1.22. The number of ether oxygens (including phenoxy) is 1. The summed E-state index contributed by atoms with van der Waals surface area (Å²) in [6, 6.07) is 12.9. The van der Waals surface area contributed by atoms with E-state index in [-0.39, 0.29) is 36.9 Å². The molecule has 4 N–H and O–H groups in total. The Kier molecular flexibility index (Phi) is 8.48. The smallest absolute Gasteiger partial charge is 0.416 e. The minimum atomic E-state index is -4.54. The molecule has 4 aromatic rings. The van der Waals surface area contributed by atoms with Crippen molar-refractivity contribution in [2.24, 2.45) is 0 Å². The summed E-state index contributed by atoms with van der Waals surface area (Å²) in [7, 11) is 0. The number of carbonyl (C=O) groups is 1. The lowest BCUT2D eigenvalue weighted by molar-refractivity contribution is -0.138. The van der Waals surface area contributed by atoms with Crippen molar-refractivity contribution in [3.63, 3.8) is 0 Å². The maximum absolute atomic E-state index is 14.1. The number of benzene rings is 2. The Hall–Kier alpha value is -4.13. The number of aliphatic hydroxyl groups is 1. The van der Waals surface area contributed by atoms with E-state index in [0.29, 0.717) is 42.5 Å². The second-order valence-electron chi connectivity index (χ2n) is 11.3. The Morgan fingerprint density at radius 1 is 1.14 bits per heavy atom. The number of anilines is 1. The molecule has 2 aromatic carbocycles. The van der Waals surface area contributed by atoms with Crippen LogP contribution in [0, 0.1) is 0 Å². The third-order valence-corrected chi connectivity index (χ3v) is 8.35. The number of fused-ring (bicyclic) bond motifs is 2. The van der Waals surface area contributed by atoms with E-state index in [1.54, 1.807) is 29.3 Å². The van der Waals surface area contributed by atoms with Crippen LogP contribution >= 0.6 is 0 Å².